The summed E-state index contributed by atoms with van der Waals surface area (Å²) >= 11 is 0. The van der Waals surface area contributed by atoms with Gasteiger partial charge in [0.2, 0.25) is 0 Å². The fraction of sp³-hybridized carbons (Fsp3) is 0.911. The van der Waals surface area contributed by atoms with Gasteiger partial charge in [0, 0.05) is 12.8 Å². The first-order valence-corrected chi connectivity index (χ1v) is 23.3. The third-order valence-electron chi connectivity index (χ3n) is 11.2. The Balaban J connectivity index is 1.86. The summed E-state index contributed by atoms with van der Waals surface area (Å²) in [6.07, 6.45) is 12.5. The van der Waals surface area contributed by atoms with Crippen molar-refractivity contribution in [3.63, 3.8) is 0 Å². The first kappa shape index (κ1) is 54.4. The third-order valence-corrected chi connectivity index (χ3v) is 11.2. The zero-order chi connectivity index (χ0) is 44.0. The molecular weight excluding hydrogens is 780 g/mol. The number of carbonyl (C=O) groups is 2. The molecule has 15 nitrogen and oxygen atoms in total. The van der Waals surface area contributed by atoms with E-state index in [4.69, 9.17) is 28.4 Å². The number of allylic oxidation sites excluding steroid dienone is 2. The Hall–Kier alpha value is -1.76. The average Bonchev–Trinajstić information content (AvgIpc) is 3.24. The predicted molar refractivity (Wildman–Crippen MR) is 224 cm³/mol. The lowest BCUT2D eigenvalue weighted by Crippen LogP contribution is -2.61. The van der Waals surface area contributed by atoms with E-state index in [-0.39, 0.29) is 26.1 Å². The number of carbonyl (C=O) groups excluding carboxylic acids is 2. The van der Waals surface area contributed by atoms with Crippen molar-refractivity contribution in [1.82, 2.24) is 0 Å². The van der Waals surface area contributed by atoms with Crippen LogP contribution in [0.4, 0.5) is 0 Å². The molecule has 0 spiro atoms. The summed E-state index contributed by atoms with van der Waals surface area (Å²) in [5, 5.41) is 71.8. The van der Waals surface area contributed by atoms with Crippen molar-refractivity contribution >= 4 is 11.9 Å². The first-order chi connectivity index (χ1) is 29.0. The lowest BCUT2D eigenvalue weighted by molar-refractivity contribution is -0.332. The number of rotatable bonds is 35. The van der Waals surface area contributed by atoms with Crippen molar-refractivity contribution in [3.05, 3.63) is 12.2 Å². The normalized spacial score (nSPS) is 27.6. The zero-order valence-corrected chi connectivity index (χ0v) is 36.7. The number of ether oxygens (including phenoxy) is 6. The maximum Gasteiger partial charge on any atom is 0.306 e. The summed E-state index contributed by atoms with van der Waals surface area (Å²) in [5.41, 5.74) is 0. The second-order valence-electron chi connectivity index (χ2n) is 16.6. The summed E-state index contributed by atoms with van der Waals surface area (Å²) in [6, 6.07) is 0. The van der Waals surface area contributed by atoms with Gasteiger partial charge >= 0.3 is 11.9 Å². The van der Waals surface area contributed by atoms with Gasteiger partial charge in [-0.3, -0.25) is 9.59 Å². The van der Waals surface area contributed by atoms with Crippen molar-refractivity contribution in [3.8, 4) is 0 Å². The van der Waals surface area contributed by atoms with Crippen molar-refractivity contribution in [2.24, 2.45) is 0 Å². The SMILES string of the molecule is CCCCC/C=C\CCCCCCCC(=O)OC(COC(=O)CCCCCCCCCCCCCC)COC1OC(COC2OC(CO)C(O)C(O)C2O)C(O)C(O)C1O. The van der Waals surface area contributed by atoms with Crippen LogP contribution in [0.5, 0.6) is 0 Å². The molecule has 11 unspecified atom stereocenters. The van der Waals surface area contributed by atoms with E-state index in [1.54, 1.807) is 0 Å². The minimum absolute atomic E-state index is 0.158. The van der Waals surface area contributed by atoms with Crippen LogP contribution < -0.4 is 0 Å². The van der Waals surface area contributed by atoms with Crippen molar-refractivity contribution in [2.75, 3.05) is 26.4 Å². The molecule has 2 fully saturated rings. The van der Waals surface area contributed by atoms with Gasteiger partial charge in [0.15, 0.2) is 18.7 Å². The van der Waals surface area contributed by atoms with Gasteiger partial charge in [-0.05, 0) is 38.5 Å². The van der Waals surface area contributed by atoms with Crippen molar-refractivity contribution < 1.29 is 73.8 Å². The third kappa shape index (κ3) is 22.5. The molecule has 60 heavy (non-hydrogen) atoms. The maximum atomic E-state index is 12.9. The Kier molecular flexibility index (Phi) is 30.6. The Labute approximate surface area is 359 Å². The number of aliphatic hydroxyl groups is 7. The second-order valence-corrected chi connectivity index (χ2v) is 16.6. The lowest BCUT2D eigenvalue weighted by atomic mass is 9.98. The van der Waals surface area contributed by atoms with Gasteiger partial charge in [-0.25, -0.2) is 0 Å². The van der Waals surface area contributed by atoms with E-state index in [1.165, 1.54) is 70.6 Å². The van der Waals surface area contributed by atoms with Gasteiger partial charge < -0.3 is 64.2 Å². The topological polar surface area (TPSA) is 231 Å². The molecule has 0 aromatic carbocycles. The molecule has 0 aromatic heterocycles. The molecule has 0 saturated carbocycles. The summed E-state index contributed by atoms with van der Waals surface area (Å²) in [4.78, 5) is 25.6. The smallest absolute Gasteiger partial charge is 0.306 e. The Bertz CT molecular complexity index is 1110. The summed E-state index contributed by atoms with van der Waals surface area (Å²) in [7, 11) is 0. The Morgan fingerprint density at radius 2 is 0.950 bits per heavy atom. The minimum Gasteiger partial charge on any atom is -0.462 e. The van der Waals surface area contributed by atoms with Crippen LogP contribution in [-0.4, -0.2) is 142 Å². The highest BCUT2D eigenvalue weighted by Gasteiger charge is 2.47. The quantitative estimate of drug-likeness (QED) is 0.0252. The molecule has 0 aliphatic carbocycles. The van der Waals surface area contributed by atoms with E-state index in [0.29, 0.717) is 12.8 Å². The lowest BCUT2D eigenvalue weighted by Gasteiger charge is -2.42. The molecular formula is C45H82O15. The number of unbranched alkanes of at least 4 members (excludes halogenated alkanes) is 19. The van der Waals surface area contributed by atoms with E-state index < -0.39 is 92.7 Å². The highest BCUT2D eigenvalue weighted by molar-refractivity contribution is 5.70. The fourth-order valence-corrected chi connectivity index (χ4v) is 7.33. The van der Waals surface area contributed by atoms with Gasteiger partial charge in [0.25, 0.3) is 0 Å². The van der Waals surface area contributed by atoms with Crippen molar-refractivity contribution in [2.45, 2.75) is 235 Å². The van der Waals surface area contributed by atoms with E-state index in [1.807, 2.05) is 0 Å². The highest BCUT2D eigenvalue weighted by atomic mass is 16.7. The number of aliphatic hydroxyl groups excluding tert-OH is 7. The molecule has 2 rings (SSSR count). The number of esters is 2. The molecule has 15 heteroatoms. The molecule has 0 bridgehead atoms. The molecule has 2 aliphatic heterocycles. The molecule has 7 N–H and O–H groups in total. The van der Waals surface area contributed by atoms with Gasteiger partial charge in [-0.1, -0.05) is 129 Å². The molecule has 0 radical (unpaired) electrons. The van der Waals surface area contributed by atoms with Gasteiger partial charge in [0.1, 0.15) is 55.4 Å². The van der Waals surface area contributed by atoms with Crippen LogP contribution >= 0.6 is 0 Å². The predicted octanol–water partition coefficient (Wildman–Crippen LogP) is 5.04. The molecule has 2 saturated heterocycles. The van der Waals surface area contributed by atoms with Gasteiger partial charge in [-0.2, -0.15) is 0 Å². The highest BCUT2D eigenvalue weighted by Crippen LogP contribution is 2.26. The van der Waals surface area contributed by atoms with Crippen LogP contribution in [0.25, 0.3) is 0 Å². The van der Waals surface area contributed by atoms with Crippen LogP contribution in [0.2, 0.25) is 0 Å². The monoisotopic (exact) mass is 863 g/mol. The zero-order valence-electron chi connectivity index (χ0n) is 36.7. The Morgan fingerprint density at radius 1 is 0.517 bits per heavy atom. The molecule has 11 atom stereocenters. The van der Waals surface area contributed by atoms with Gasteiger partial charge in [0.05, 0.1) is 19.8 Å². The first-order valence-electron chi connectivity index (χ1n) is 23.3. The van der Waals surface area contributed by atoms with Gasteiger partial charge in [-0.15, -0.1) is 0 Å². The largest absolute Gasteiger partial charge is 0.462 e. The Morgan fingerprint density at radius 3 is 1.50 bits per heavy atom. The van der Waals surface area contributed by atoms with E-state index in [2.05, 4.69) is 26.0 Å². The second kappa shape index (κ2) is 33.8. The van der Waals surface area contributed by atoms with E-state index >= 15 is 0 Å². The molecule has 2 heterocycles. The van der Waals surface area contributed by atoms with Crippen molar-refractivity contribution in [1.29, 1.82) is 0 Å². The number of hydrogen-bond donors (Lipinski definition) is 7. The average molecular weight is 863 g/mol. The molecule has 0 amide bonds. The van der Waals surface area contributed by atoms with E-state index in [0.717, 1.165) is 57.8 Å². The summed E-state index contributed by atoms with van der Waals surface area (Å²) < 4.78 is 33.4. The summed E-state index contributed by atoms with van der Waals surface area (Å²) in [6.45, 7) is 2.54. The minimum atomic E-state index is -1.76. The molecule has 352 valence electrons. The van der Waals surface area contributed by atoms with Crippen LogP contribution in [-0.2, 0) is 38.0 Å². The van der Waals surface area contributed by atoms with Crippen LogP contribution in [0.15, 0.2) is 12.2 Å². The number of hydrogen-bond acceptors (Lipinski definition) is 15. The maximum absolute atomic E-state index is 12.9. The van der Waals surface area contributed by atoms with Crippen LogP contribution in [0.1, 0.15) is 168 Å². The fourth-order valence-electron chi connectivity index (χ4n) is 7.33. The van der Waals surface area contributed by atoms with Crippen LogP contribution in [0.3, 0.4) is 0 Å². The van der Waals surface area contributed by atoms with Crippen LogP contribution in [0, 0.1) is 0 Å². The standard InChI is InChI=1S/C45H82O15/c1-3-5-7-9-11-13-15-17-19-21-23-25-27-36(47)55-30-33(58-37(48)28-26-24-22-20-18-16-14-12-10-8-6-4-2)31-56-44-43(54)41(52)39(50)35(60-44)32-57-45-42(53)40(51)38(49)34(29-46)59-45/h12,14,33-35,38-46,49-54H,3-11,13,15-32H2,1-2H3/b14-12-. The van der Waals surface area contributed by atoms with E-state index in [9.17, 15) is 45.3 Å². The summed E-state index contributed by atoms with van der Waals surface area (Å²) in [5.74, 6) is -0.932. The molecule has 0 aromatic rings. The molecule has 2 aliphatic rings.